The van der Waals surface area contributed by atoms with Gasteiger partial charge in [0.2, 0.25) is 6.33 Å². The summed E-state index contributed by atoms with van der Waals surface area (Å²) in [6.07, 6.45) is 4.28. The van der Waals surface area contributed by atoms with Gasteiger partial charge in [-0.3, -0.25) is 5.10 Å². The van der Waals surface area contributed by atoms with Crippen molar-refractivity contribution in [1.82, 2.24) is 19.8 Å². The second-order valence-corrected chi connectivity index (χ2v) is 1.45. The molecule has 0 bridgehead atoms. The van der Waals surface area contributed by atoms with Crippen LogP contribution in [0.25, 0.3) is 5.65 Å². The van der Waals surface area contributed by atoms with Crippen LogP contribution in [0, 0.1) is 6.33 Å². The van der Waals surface area contributed by atoms with Crippen molar-refractivity contribution < 1.29 is 0 Å². The van der Waals surface area contributed by atoms with E-state index in [0.717, 1.165) is 5.65 Å². The fourth-order valence-electron chi connectivity index (χ4n) is 0.597. The third-order valence-corrected chi connectivity index (χ3v) is 0.958. The van der Waals surface area contributed by atoms with E-state index >= 15 is 0 Å². The van der Waals surface area contributed by atoms with Crippen LogP contribution in [0.3, 0.4) is 0 Å². The van der Waals surface area contributed by atoms with Crippen LogP contribution >= 0.6 is 0 Å². The predicted octanol–water partition coefficient (Wildman–Crippen LogP) is -0.142. The fraction of sp³-hybridized carbons (Fsp3) is 0. The van der Waals surface area contributed by atoms with Crippen LogP contribution in [0.1, 0.15) is 0 Å². The molecule has 2 heterocycles. The van der Waals surface area contributed by atoms with Gasteiger partial charge in [0, 0.05) is 6.07 Å². The number of rotatable bonds is 0. The second-order valence-electron chi connectivity index (χ2n) is 1.45. The number of H-pyrrole nitrogens is 1. The Balaban J connectivity index is 3.06. The van der Waals surface area contributed by atoms with Crippen molar-refractivity contribution in [1.29, 1.82) is 0 Å². The molecule has 2 aromatic rings. The Hall–Kier alpha value is -1.32. The molecule has 0 aliphatic rings. The average molecular weight is 107 g/mol. The number of aromatic nitrogens is 4. The maximum absolute atomic E-state index is 3.85. The highest BCUT2D eigenvalue weighted by molar-refractivity contribution is 5.32. The lowest BCUT2D eigenvalue weighted by Crippen LogP contribution is -1.76. The topological polar surface area (TPSA) is 46.0 Å². The molecule has 1 radical (unpaired) electrons. The third-order valence-electron chi connectivity index (χ3n) is 0.958. The molecule has 0 amide bonds. The lowest BCUT2D eigenvalue weighted by atomic mass is 10.7. The van der Waals surface area contributed by atoms with Crippen LogP contribution in [-0.2, 0) is 0 Å². The number of hydrogen-bond donors (Lipinski definition) is 1. The summed E-state index contributed by atoms with van der Waals surface area (Å²) < 4.78 is 1.54. The first-order valence-electron chi connectivity index (χ1n) is 2.22. The molecule has 0 fully saturated rings. The Labute approximate surface area is 45.1 Å². The molecule has 0 aliphatic heterocycles. The van der Waals surface area contributed by atoms with E-state index in [-0.39, 0.29) is 0 Å². The Morgan fingerprint density at radius 1 is 1.75 bits per heavy atom. The van der Waals surface area contributed by atoms with E-state index in [0.29, 0.717) is 0 Å². The van der Waals surface area contributed by atoms with Crippen LogP contribution < -0.4 is 0 Å². The van der Waals surface area contributed by atoms with Crippen molar-refractivity contribution in [2.24, 2.45) is 0 Å². The highest BCUT2D eigenvalue weighted by Gasteiger charge is 1.89. The van der Waals surface area contributed by atoms with E-state index in [1.54, 1.807) is 10.7 Å². The molecule has 0 atom stereocenters. The molecule has 8 heavy (non-hydrogen) atoms. The van der Waals surface area contributed by atoms with Gasteiger partial charge < -0.3 is 0 Å². The fourth-order valence-corrected chi connectivity index (χ4v) is 0.597. The van der Waals surface area contributed by atoms with E-state index in [1.165, 1.54) is 0 Å². The molecule has 2 aromatic heterocycles. The van der Waals surface area contributed by atoms with Gasteiger partial charge in [0.1, 0.15) is 0 Å². The Morgan fingerprint density at radius 2 is 2.75 bits per heavy atom. The van der Waals surface area contributed by atoms with Crippen molar-refractivity contribution in [3.63, 3.8) is 0 Å². The lowest BCUT2D eigenvalue weighted by Gasteiger charge is -1.68. The maximum Gasteiger partial charge on any atom is 0.222 e. The molecular formula is C4H3N4. The standard InChI is InChI=1S/C4H3N4/c1-2-6-8-3-5-7-4(1)8/h1-2,7H. The van der Waals surface area contributed by atoms with Gasteiger partial charge in [-0.15, -0.1) is 5.10 Å². The van der Waals surface area contributed by atoms with Gasteiger partial charge in [0.15, 0.2) is 5.65 Å². The summed E-state index contributed by atoms with van der Waals surface area (Å²) in [5, 5.41) is 10.2. The Bertz CT molecular complexity index is 229. The molecule has 1 N–H and O–H groups in total. The Kier molecular flexibility index (Phi) is 0.498. The zero-order valence-corrected chi connectivity index (χ0v) is 4.00. The quantitative estimate of drug-likeness (QED) is 0.509. The van der Waals surface area contributed by atoms with E-state index in [2.05, 4.69) is 21.6 Å². The molecule has 0 unspecified atom stereocenters. The first-order chi connectivity index (χ1) is 3.97. The molecule has 4 nitrogen and oxygen atoms in total. The van der Waals surface area contributed by atoms with Gasteiger partial charge in [-0.05, 0) is 0 Å². The first kappa shape index (κ1) is 3.65. The molecule has 0 spiro atoms. The van der Waals surface area contributed by atoms with Gasteiger partial charge in [0.25, 0.3) is 0 Å². The van der Waals surface area contributed by atoms with Gasteiger partial charge in [0.05, 0.1) is 6.20 Å². The summed E-state index contributed by atoms with van der Waals surface area (Å²) in [6.45, 7) is 0. The van der Waals surface area contributed by atoms with Crippen LogP contribution in [0.15, 0.2) is 12.3 Å². The molecule has 0 aliphatic carbocycles. The molecular weight excluding hydrogens is 104 g/mol. The van der Waals surface area contributed by atoms with Crippen LogP contribution in [0.4, 0.5) is 0 Å². The highest BCUT2D eigenvalue weighted by Crippen LogP contribution is 1.90. The maximum atomic E-state index is 3.85. The minimum Gasteiger partial charge on any atom is -0.259 e. The number of nitrogens with one attached hydrogen (secondary N) is 1. The normalized spacial score (nSPS) is 10.5. The summed E-state index contributed by atoms with van der Waals surface area (Å²) >= 11 is 0. The summed E-state index contributed by atoms with van der Waals surface area (Å²) in [7, 11) is 0. The molecule has 2 rings (SSSR count). The van der Waals surface area contributed by atoms with E-state index in [9.17, 15) is 0 Å². The number of fused-ring (bicyclic) bond motifs is 1. The van der Waals surface area contributed by atoms with E-state index < -0.39 is 0 Å². The number of nitrogens with zero attached hydrogens (tertiary/aromatic N) is 3. The zero-order chi connectivity index (χ0) is 5.40. The molecule has 39 valence electrons. The smallest absolute Gasteiger partial charge is 0.222 e. The van der Waals surface area contributed by atoms with Crippen LogP contribution in [0.5, 0.6) is 0 Å². The van der Waals surface area contributed by atoms with Gasteiger partial charge in [-0.2, -0.15) is 9.61 Å². The van der Waals surface area contributed by atoms with Crippen molar-refractivity contribution in [2.45, 2.75) is 0 Å². The summed E-state index contributed by atoms with van der Waals surface area (Å²) in [5.41, 5.74) is 0.866. The molecule has 0 saturated heterocycles. The molecule has 0 saturated carbocycles. The van der Waals surface area contributed by atoms with Crippen LogP contribution in [0.2, 0.25) is 0 Å². The van der Waals surface area contributed by atoms with Crippen LogP contribution in [-0.4, -0.2) is 19.8 Å². The molecule has 0 aromatic carbocycles. The van der Waals surface area contributed by atoms with Crippen molar-refractivity contribution in [3.05, 3.63) is 18.6 Å². The Morgan fingerprint density at radius 3 is 3.62 bits per heavy atom. The highest BCUT2D eigenvalue weighted by atomic mass is 15.3. The first-order valence-corrected chi connectivity index (χ1v) is 2.22. The van der Waals surface area contributed by atoms with E-state index in [1.807, 2.05) is 6.07 Å². The summed E-state index contributed by atoms with van der Waals surface area (Å²) in [4.78, 5) is 0. The number of aromatic amines is 1. The van der Waals surface area contributed by atoms with E-state index in [4.69, 9.17) is 0 Å². The van der Waals surface area contributed by atoms with Gasteiger partial charge in [-0.1, -0.05) is 0 Å². The average Bonchev–Trinajstić information content (AvgIpc) is 2.15. The second kappa shape index (κ2) is 1.09. The van der Waals surface area contributed by atoms with Crippen molar-refractivity contribution in [3.8, 4) is 0 Å². The summed E-state index contributed by atoms with van der Waals surface area (Å²) in [6, 6.07) is 1.82. The minimum atomic E-state index is 0.866. The predicted molar refractivity (Wildman–Crippen MR) is 26.2 cm³/mol. The van der Waals surface area contributed by atoms with Crippen molar-refractivity contribution in [2.75, 3.05) is 0 Å². The minimum absolute atomic E-state index is 0.866. The molecule has 4 heteroatoms. The number of hydrogen-bond acceptors (Lipinski definition) is 2. The largest absolute Gasteiger partial charge is 0.259 e. The third kappa shape index (κ3) is 0.294. The van der Waals surface area contributed by atoms with Gasteiger partial charge >= 0.3 is 0 Å². The van der Waals surface area contributed by atoms with Crippen molar-refractivity contribution >= 4 is 5.65 Å². The SMILES string of the molecule is [c]1n[nH]c2ccnn12. The lowest BCUT2D eigenvalue weighted by molar-refractivity contribution is 0.944. The van der Waals surface area contributed by atoms with Gasteiger partial charge in [-0.25, -0.2) is 0 Å². The summed E-state index contributed by atoms with van der Waals surface area (Å²) in [5.74, 6) is 0. The zero-order valence-electron chi connectivity index (χ0n) is 4.00. The monoisotopic (exact) mass is 107 g/mol.